The van der Waals surface area contributed by atoms with Crippen molar-refractivity contribution in [3.05, 3.63) is 12.7 Å². The van der Waals surface area contributed by atoms with Gasteiger partial charge in [-0.2, -0.15) is 0 Å². The molecule has 1 heterocycles. The molecule has 4 amide bonds. The van der Waals surface area contributed by atoms with Crippen molar-refractivity contribution in [1.29, 1.82) is 0 Å². The van der Waals surface area contributed by atoms with Gasteiger partial charge in [-0.25, -0.2) is 4.79 Å². The summed E-state index contributed by atoms with van der Waals surface area (Å²) in [4.78, 5) is 66.9. The molecule has 1 saturated heterocycles. The quantitative estimate of drug-likeness (QED) is 0.219. The van der Waals surface area contributed by atoms with Gasteiger partial charge in [-0.1, -0.05) is 40.7 Å². The lowest BCUT2D eigenvalue weighted by molar-refractivity contribution is -0.145. The Hall–Kier alpha value is -3.35. The lowest BCUT2D eigenvalue weighted by atomic mass is 9.85. The molecule has 2 aliphatic rings. The molecule has 216 valence electrons. The summed E-state index contributed by atoms with van der Waals surface area (Å²) in [6.45, 7) is 18.7. The summed E-state index contributed by atoms with van der Waals surface area (Å²) in [5.74, 6) is -0.235. The number of nitrogens with one attached hydrogen (secondary N) is 3. The molecule has 0 aromatic carbocycles. The molecule has 2 fully saturated rings. The number of rotatable bonds is 10. The number of carbonyl (C=O) groups is 5. The monoisotopic (exact) mass is 544 g/mol. The van der Waals surface area contributed by atoms with Crippen LogP contribution in [0.25, 0.3) is 0 Å². The molecule has 2 rings (SSSR count). The molecule has 10 heteroatoms. The van der Waals surface area contributed by atoms with Crippen molar-refractivity contribution in [2.24, 2.45) is 22.7 Å². The smallest absolute Gasteiger partial charge is 0.408 e. The fourth-order valence-corrected chi connectivity index (χ4v) is 5.22. The Morgan fingerprint density at radius 3 is 2.26 bits per heavy atom. The predicted molar refractivity (Wildman–Crippen MR) is 147 cm³/mol. The number of likely N-dealkylation sites (tertiary alicyclic amines) is 1. The van der Waals surface area contributed by atoms with Gasteiger partial charge in [-0.15, -0.1) is 18.9 Å². The maximum absolute atomic E-state index is 13.9. The predicted octanol–water partition coefficient (Wildman–Crippen LogP) is 2.18. The minimum absolute atomic E-state index is 0.0750. The Labute approximate surface area is 232 Å². The van der Waals surface area contributed by atoms with Gasteiger partial charge in [0.2, 0.25) is 17.6 Å². The van der Waals surface area contributed by atoms with Crippen LogP contribution >= 0.6 is 0 Å². The second-order valence-corrected chi connectivity index (χ2v) is 13.0. The van der Waals surface area contributed by atoms with Crippen LogP contribution in [0.4, 0.5) is 4.79 Å². The normalized spacial score (nSPS) is 22.8. The van der Waals surface area contributed by atoms with Gasteiger partial charge in [0.15, 0.2) is 0 Å². The number of ketones is 1. The van der Waals surface area contributed by atoms with Crippen LogP contribution < -0.4 is 16.0 Å². The maximum atomic E-state index is 13.9. The molecule has 0 bridgehead atoms. The Balaban J connectivity index is 2.32. The Bertz CT molecular complexity index is 1050. The van der Waals surface area contributed by atoms with E-state index < -0.39 is 58.7 Å². The van der Waals surface area contributed by atoms with Crippen molar-refractivity contribution in [1.82, 2.24) is 20.9 Å². The van der Waals surface area contributed by atoms with E-state index in [2.05, 4.69) is 28.4 Å². The molecule has 0 radical (unpaired) electrons. The standard InChI is InChI=1S/C29H44N4O6/c1-11-13-14-18(21(34)24(36)30-15-12-2)31-23(35)20-19-17(29(19,9)10)16-33(20)25(37)22(27(3,4)5)32-26(38)39-28(6,7)8/h1,12,17-20,22H,2,13-16H2,3-10H3,(H,30,36)(H,31,35)(H,32,38)/t17?,18?,19?,20-,22+/m0/s1. The van der Waals surface area contributed by atoms with E-state index in [9.17, 15) is 24.0 Å². The van der Waals surface area contributed by atoms with E-state index in [0.717, 1.165) is 0 Å². The fourth-order valence-electron chi connectivity index (χ4n) is 5.22. The van der Waals surface area contributed by atoms with Crippen molar-refractivity contribution in [3.63, 3.8) is 0 Å². The zero-order valence-electron chi connectivity index (χ0n) is 24.5. The second kappa shape index (κ2) is 11.8. The Morgan fingerprint density at radius 1 is 1.13 bits per heavy atom. The highest BCUT2D eigenvalue weighted by atomic mass is 16.6. The molecule has 39 heavy (non-hydrogen) atoms. The number of ether oxygens (including phenoxy) is 1. The first-order valence-electron chi connectivity index (χ1n) is 13.3. The van der Waals surface area contributed by atoms with E-state index >= 15 is 0 Å². The Morgan fingerprint density at radius 2 is 1.74 bits per heavy atom. The van der Waals surface area contributed by atoms with Crippen LogP contribution in [-0.4, -0.2) is 71.3 Å². The first-order chi connectivity index (χ1) is 17.9. The lowest BCUT2D eigenvalue weighted by Gasteiger charge is -2.38. The number of piperidine rings is 1. The van der Waals surface area contributed by atoms with Crippen molar-refractivity contribution in [2.45, 2.75) is 92.0 Å². The average Bonchev–Trinajstić information content (AvgIpc) is 3.14. The molecule has 1 saturated carbocycles. The molecular weight excluding hydrogens is 500 g/mol. The molecule has 0 spiro atoms. The minimum Gasteiger partial charge on any atom is -0.444 e. The number of hydrogen-bond acceptors (Lipinski definition) is 6. The highest BCUT2D eigenvalue weighted by Crippen LogP contribution is 2.65. The SMILES string of the molecule is C#CCCC(NC(=O)[C@@H]1C2C(CN1C(=O)[C@@H](NC(=O)OC(C)(C)C)C(C)(C)C)C2(C)C)C(=O)C(=O)NCC=C. The summed E-state index contributed by atoms with van der Waals surface area (Å²) in [7, 11) is 0. The average molecular weight is 545 g/mol. The van der Waals surface area contributed by atoms with Crippen molar-refractivity contribution < 1.29 is 28.7 Å². The Kier molecular flexibility index (Phi) is 9.65. The number of carbonyl (C=O) groups excluding carboxylic acids is 5. The minimum atomic E-state index is -1.14. The molecule has 5 atom stereocenters. The molecule has 3 unspecified atom stereocenters. The van der Waals surface area contributed by atoms with Crippen LogP contribution in [0.3, 0.4) is 0 Å². The molecule has 0 aromatic rings. The van der Waals surface area contributed by atoms with E-state index in [-0.39, 0.29) is 36.6 Å². The third-order valence-corrected chi connectivity index (χ3v) is 7.38. The number of nitrogens with zero attached hydrogens (tertiary/aromatic N) is 1. The van der Waals surface area contributed by atoms with Crippen LogP contribution in [0.1, 0.15) is 68.2 Å². The van der Waals surface area contributed by atoms with E-state index in [0.29, 0.717) is 6.54 Å². The molecule has 0 aromatic heterocycles. The summed E-state index contributed by atoms with van der Waals surface area (Å²) < 4.78 is 5.38. The van der Waals surface area contributed by atoms with Crippen molar-refractivity contribution >= 4 is 29.6 Å². The van der Waals surface area contributed by atoms with Crippen LogP contribution in [0.15, 0.2) is 12.7 Å². The number of fused-ring (bicyclic) bond motifs is 1. The summed E-state index contributed by atoms with van der Waals surface area (Å²) >= 11 is 0. The van der Waals surface area contributed by atoms with Crippen molar-refractivity contribution in [2.75, 3.05) is 13.1 Å². The van der Waals surface area contributed by atoms with Gasteiger partial charge in [-0.05, 0) is 49.9 Å². The largest absolute Gasteiger partial charge is 0.444 e. The fraction of sp³-hybridized carbons (Fsp3) is 0.690. The van der Waals surface area contributed by atoms with Crippen LogP contribution in [0.5, 0.6) is 0 Å². The third kappa shape index (κ3) is 7.61. The third-order valence-electron chi connectivity index (χ3n) is 7.38. The van der Waals surface area contributed by atoms with E-state index in [1.807, 2.05) is 34.6 Å². The van der Waals surface area contributed by atoms with E-state index in [4.69, 9.17) is 11.2 Å². The summed E-state index contributed by atoms with van der Waals surface area (Å²) in [5, 5.41) is 7.83. The lowest BCUT2D eigenvalue weighted by Crippen LogP contribution is -2.60. The van der Waals surface area contributed by atoms with Gasteiger partial charge < -0.3 is 25.6 Å². The van der Waals surface area contributed by atoms with E-state index in [1.54, 1.807) is 20.8 Å². The highest BCUT2D eigenvalue weighted by Gasteiger charge is 2.70. The molecule has 1 aliphatic carbocycles. The molecular formula is C29H44N4O6. The number of amides is 4. The highest BCUT2D eigenvalue weighted by molar-refractivity contribution is 6.38. The summed E-state index contributed by atoms with van der Waals surface area (Å²) in [6, 6.07) is -2.98. The summed E-state index contributed by atoms with van der Waals surface area (Å²) in [5.41, 5.74) is -1.63. The maximum Gasteiger partial charge on any atom is 0.408 e. The zero-order valence-corrected chi connectivity index (χ0v) is 24.5. The number of hydrogen-bond donors (Lipinski definition) is 3. The van der Waals surface area contributed by atoms with Gasteiger partial charge in [-0.3, -0.25) is 19.2 Å². The van der Waals surface area contributed by atoms with Gasteiger partial charge in [0, 0.05) is 19.5 Å². The van der Waals surface area contributed by atoms with Gasteiger partial charge in [0.25, 0.3) is 5.91 Å². The molecule has 3 N–H and O–H groups in total. The topological polar surface area (TPSA) is 134 Å². The molecule has 10 nitrogen and oxygen atoms in total. The first kappa shape index (κ1) is 31.9. The number of terminal acetylenes is 1. The number of alkyl carbamates (subject to hydrolysis) is 1. The van der Waals surface area contributed by atoms with Crippen molar-refractivity contribution in [3.8, 4) is 12.3 Å². The first-order valence-corrected chi connectivity index (χ1v) is 13.3. The number of Topliss-reactive ketones (excluding diaryl/α,β-unsaturated/α-hetero) is 1. The van der Waals surface area contributed by atoms with Crippen LogP contribution in [0, 0.1) is 35.0 Å². The summed E-state index contributed by atoms with van der Waals surface area (Å²) in [6.07, 6.45) is 6.33. The zero-order chi connectivity index (χ0) is 29.9. The van der Waals surface area contributed by atoms with E-state index in [1.165, 1.54) is 11.0 Å². The second-order valence-electron chi connectivity index (χ2n) is 13.0. The van der Waals surface area contributed by atoms with Crippen LogP contribution in [0.2, 0.25) is 0 Å². The molecule has 1 aliphatic heterocycles. The van der Waals surface area contributed by atoms with Crippen LogP contribution in [-0.2, 0) is 23.9 Å². The van der Waals surface area contributed by atoms with Gasteiger partial charge in [0.05, 0.1) is 6.04 Å². The van der Waals surface area contributed by atoms with Gasteiger partial charge >= 0.3 is 6.09 Å². The van der Waals surface area contributed by atoms with Gasteiger partial charge in [0.1, 0.15) is 17.7 Å².